The summed E-state index contributed by atoms with van der Waals surface area (Å²) in [6, 6.07) is 0.462. The number of nitrogens with one attached hydrogen (secondary N) is 1. The molecule has 1 aliphatic heterocycles. The summed E-state index contributed by atoms with van der Waals surface area (Å²) in [5.74, 6) is 1.46. The van der Waals surface area contributed by atoms with Crippen LogP contribution in [0.1, 0.15) is 59.3 Å². The van der Waals surface area contributed by atoms with Gasteiger partial charge < -0.3 is 10.1 Å². The molecule has 1 heterocycles. The standard InChI is InChI=1S/C17H33NO2S/c1-4-9-18-16-6-5-14(13(2)3)12-17(16)21(19)15-7-10-20-11-8-15/h13-18H,4-12H2,1-3H3. The van der Waals surface area contributed by atoms with Gasteiger partial charge in [-0.2, -0.15) is 0 Å². The van der Waals surface area contributed by atoms with E-state index in [4.69, 9.17) is 4.74 Å². The maximum Gasteiger partial charge on any atom is 0.0506 e. The van der Waals surface area contributed by atoms with Crippen molar-refractivity contribution in [2.45, 2.75) is 75.8 Å². The minimum atomic E-state index is -0.706. The molecule has 4 heteroatoms. The van der Waals surface area contributed by atoms with E-state index in [0.29, 0.717) is 22.5 Å². The third kappa shape index (κ3) is 4.77. The summed E-state index contributed by atoms with van der Waals surface area (Å²) < 4.78 is 18.5. The van der Waals surface area contributed by atoms with Crippen LogP contribution in [-0.4, -0.2) is 40.5 Å². The lowest BCUT2D eigenvalue weighted by molar-refractivity contribution is 0.0987. The maximum atomic E-state index is 13.1. The molecule has 0 bridgehead atoms. The second-order valence-corrected chi connectivity index (χ2v) is 8.99. The van der Waals surface area contributed by atoms with Crippen LogP contribution in [0.25, 0.3) is 0 Å². The SMILES string of the molecule is CCCNC1CCC(C(C)C)CC1S(=O)C1CCOCC1. The van der Waals surface area contributed by atoms with Crippen LogP contribution >= 0.6 is 0 Å². The lowest BCUT2D eigenvalue weighted by Crippen LogP contribution is -2.49. The number of ether oxygens (including phenoxy) is 1. The molecule has 0 radical (unpaired) electrons. The van der Waals surface area contributed by atoms with Gasteiger partial charge in [-0.3, -0.25) is 4.21 Å². The third-order valence-corrected chi connectivity index (χ3v) is 7.47. The van der Waals surface area contributed by atoms with Gasteiger partial charge in [-0.25, -0.2) is 0 Å². The predicted octanol–water partition coefficient (Wildman–Crippen LogP) is 3.11. The maximum absolute atomic E-state index is 13.1. The summed E-state index contributed by atoms with van der Waals surface area (Å²) >= 11 is 0. The van der Waals surface area contributed by atoms with Crippen molar-refractivity contribution in [3.63, 3.8) is 0 Å². The monoisotopic (exact) mass is 315 g/mol. The third-order valence-electron chi connectivity index (χ3n) is 5.23. The van der Waals surface area contributed by atoms with Crippen LogP contribution in [0.4, 0.5) is 0 Å². The molecule has 2 rings (SSSR count). The zero-order valence-corrected chi connectivity index (χ0v) is 14.8. The average molecular weight is 316 g/mol. The zero-order valence-electron chi connectivity index (χ0n) is 14.0. The van der Waals surface area contributed by atoms with Gasteiger partial charge in [0, 0.05) is 35.3 Å². The van der Waals surface area contributed by atoms with E-state index in [1.165, 1.54) is 12.8 Å². The summed E-state index contributed by atoms with van der Waals surface area (Å²) in [5, 5.41) is 4.39. The fourth-order valence-electron chi connectivity index (χ4n) is 3.74. The Kier molecular flexibility index (Phi) is 7.17. The molecule has 1 aliphatic carbocycles. The molecular formula is C17H33NO2S. The smallest absolute Gasteiger partial charge is 0.0506 e. The van der Waals surface area contributed by atoms with Crippen LogP contribution in [0, 0.1) is 11.8 Å². The molecule has 2 aliphatic rings. The first-order chi connectivity index (χ1) is 10.1. The van der Waals surface area contributed by atoms with Crippen molar-refractivity contribution < 1.29 is 8.95 Å². The lowest BCUT2D eigenvalue weighted by Gasteiger charge is -2.39. The molecule has 0 aromatic rings. The summed E-state index contributed by atoms with van der Waals surface area (Å²) in [4.78, 5) is 0. The Labute approximate surface area is 133 Å². The number of hydrogen-bond acceptors (Lipinski definition) is 3. The highest BCUT2D eigenvalue weighted by Gasteiger charge is 2.38. The molecule has 1 saturated heterocycles. The Hall–Kier alpha value is 0.0700. The van der Waals surface area contributed by atoms with Crippen molar-refractivity contribution in [1.29, 1.82) is 0 Å². The van der Waals surface area contributed by atoms with Crippen molar-refractivity contribution in [1.82, 2.24) is 5.32 Å². The minimum absolute atomic E-state index is 0.348. The molecule has 0 aromatic heterocycles. The summed E-state index contributed by atoms with van der Waals surface area (Å²) in [6.07, 6.45) is 6.75. The van der Waals surface area contributed by atoms with E-state index in [2.05, 4.69) is 26.1 Å². The van der Waals surface area contributed by atoms with Crippen molar-refractivity contribution in [2.24, 2.45) is 11.8 Å². The largest absolute Gasteiger partial charge is 0.381 e. The molecule has 3 nitrogen and oxygen atoms in total. The fourth-order valence-corrected chi connectivity index (χ4v) is 5.89. The molecule has 124 valence electrons. The summed E-state index contributed by atoms with van der Waals surface area (Å²) in [7, 11) is -0.706. The highest BCUT2D eigenvalue weighted by Crippen LogP contribution is 2.34. The molecule has 4 unspecified atom stereocenters. The van der Waals surface area contributed by atoms with Crippen LogP contribution in [-0.2, 0) is 15.5 Å². The van der Waals surface area contributed by atoms with Crippen LogP contribution in [0.2, 0.25) is 0 Å². The van der Waals surface area contributed by atoms with E-state index >= 15 is 0 Å². The molecule has 0 amide bonds. The second kappa shape index (κ2) is 8.64. The number of rotatable bonds is 6. The first kappa shape index (κ1) is 17.4. The zero-order chi connectivity index (χ0) is 15.2. The first-order valence-electron chi connectivity index (χ1n) is 8.84. The second-order valence-electron chi connectivity index (χ2n) is 7.06. The van der Waals surface area contributed by atoms with Crippen LogP contribution < -0.4 is 5.32 Å². The van der Waals surface area contributed by atoms with Crippen molar-refractivity contribution in [3.8, 4) is 0 Å². The molecule has 21 heavy (non-hydrogen) atoms. The van der Waals surface area contributed by atoms with Crippen LogP contribution in [0.15, 0.2) is 0 Å². The lowest BCUT2D eigenvalue weighted by atomic mass is 9.79. The van der Waals surface area contributed by atoms with Crippen LogP contribution in [0.5, 0.6) is 0 Å². The molecular weight excluding hydrogens is 282 g/mol. The molecule has 1 saturated carbocycles. The normalized spacial score (nSPS) is 33.2. The summed E-state index contributed by atoms with van der Waals surface area (Å²) in [6.45, 7) is 9.49. The van der Waals surface area contributed by atoms with E-state index in [1.54, 1.807) is 0 Å². The van der Waals surface area contributed by atoms with Gasteiger partial charge in [0.2, 0.25) is 0 Å². The van der Waals surface area contributed by atoms with Gasteiger partial charge in [-0.15, -0.1) is 0 Å². The molecule has 2 fully saturated rings. The van der Waals surface area contributed by atoms with Gasteiger partial charge in [-0.05, 0) is 56.9 Å². The Morgan fingerprint density at radius 2 is 1.90 bits per heavy atom. The highest BCUT2D eigenvalue weighted by atomic mass is 32.2. The van der Waals surface area contributed by atoms with E-state index in [0.717, 1.165) is 51.4 Å². The predicted molar refractivity (Wildman–Crippen MR) is 90.0 cm³/mol. The van der Waals surface area contributed by atoms with Crippen molar-refractivity contribution in [2.75, 3.05) is 19.8 Å². The van der Waals surface area contributed by atoms with Gasteiger partial charge in [0.1, 0.15) is 0 Å². The minimum Gasteiger partial charge on any atom is -0.381 e. The van der Waals surface area contributed by atoms with Crippen molar-refractivity contribution in [3.05, 3.63) is 0 Å². The topological polar surface area (TPSA) is 38.3 Å². The number of hydrogen-bond donors (Lipinski definition) is 1. The van der Waals surface area contributed by atoms with Gasteiger partial charge in [0.05, 0.1) is 5.25 Å². The Morgan fingerprint density at radius 1 is 1.19 bits per heavy atom. The first-order valence-corrected chi connectivity index (χ1v) is 10.1. The van der Waals surface area contributed by atoms with Crippen LogP contribution in [0.3, 0.4) is 0 Å². The quantitative estimate of drug-likeness (QED) is 0.818. The van der Waals surface area contributed by atoms with Gasteiger partial charge >= 0.3 is 0 Å². The van der Waals surface area contributed by atoms with Gasteiger partial charge in [0.15, 0.2) is 0 Å². The van der Waals surface area contributed by atoms with E-state index in [9.17, 15) is 4.21 Å². The summed E-state index contributed by atoms with van der Waals surface area (Å²) in [5.41, 5.74) is 0. The molecule has 1 N–H and O–H groups in total. The van der Waals surface area contributed by atoms with E-state index in [-0.39, 0.29) is 0 Å². The Bertz CT molecular complexity index is 329. The molecule has 4 atom stereocenters. The highest BCUT2D eigenvalue weighted by molar-refractivity contribution is 7.86. The Balaban J connectivity index is 2.02. The van der Waals surface area contributed by atoms with E-state index < -0.39 is 10.8 Å². The van der Waals surface area contributed by atoms with E-state index in [1.807, 2.05) is 0 Å². The fraction of sp³-hybridized carbons (Fsp3) is 1.00. The molecule has 0 aromatic carbocycles. The van der Waals surface area contributed by atoms with Crippen molar-refractivity contribution >= 4 is 10.8 Å². The average Bonchev–Trinajstić information content (AvgIpc) is 2.52. The Morgan fingerprint density at radius 3 is 2.52 bits per heavy atom. The van der Waals surface area contributed by atoms with Gasteiger partial charge in [0.25, 0.3) is 0 Å². The molecule has 0 spiro atoms. The van der Waals surface area contributed by atoms with Gasteiger partial charge in [-0.1, -0.05) is 20.8 Å².